The van der Waals surface area contributed by atoms with Crippen LogP contribution in [0.3, 0.4) is 0 Å². The molecular formula is C14H28N2O3. The fourth-order valence-electron chi connectivity index (χ4n) is 2.79. The van der Waals surface area contributed by atoms with Crippen LogP contribution < -0.4 is 5.32 Å². The number of ether oxygens (including phenoxy) is 1. The summed E-state index contributed by atoms with van der Waals surface area (Å²) in [5.41, 5.74) is -0.799. The second-order valence-electron chi connectivity index (χ2n) is 5.45. The molecule has 19 heavy (non-hydrogen) atoms. The first-order valence-corrected chi connectivity index (χ1v) is 7.23. The fourth-order valence-corrected chi connectivity index (χ4v) is 2.79. The molecule has 0 aromatic carbocycles. The van der Waals surface area contributed by atoms with Gasteiger partial charge in [-0.25, -0.2) is 0 Å². The number of carboxylic acids is 1. The van der Waals surface area contributed by atoms with Gasteiger partial charge < -0.3 is 15.2 Å². The standard InChI is InChI=1S/C14H28N2O3/c1-5-15-14(13(17)18,12-7-8-12)10-16(6-2)11(3)9-19-4/h11-12,15H,5-10H2,1-4H3,(H,17,18). The summed E-state index contributed by atoms with van der Waals surface area (Å²) in [7, 11) is 1.68. The highest BCUT2D eigenvalue weighted by molar-refractivity contribution is 5.80. The minimum Gasteiger partial charge on any atom is -0.480 e. The topological polar surface area (TPSA) is 61.8 Å². The Bertz CT molecular complexity index is 294. The third-order valence-corrected chi connectivity index (χ3v) is 4.04. The lowest BCUT2D eigenvalue weighted by Gasteiger charge is -2.38. The van der Waals surface area contributed by atoms with E-state index in [4.69, 9.17) is 4.74 Å². The molecule has 0 heterocycles. The molecule has 0 saturated heterocycles. The van der Waals surface area contributed by atoms with E-state index in [9.17, 15) is 9.90 Å². The van der Waals surface area contributed by atoms with E-state index in [1.54, 1.807) is 7.11 Å². The van der Waals surface area contributed by atoms with E-state index in [1.165, 1.54) is 0 Å². The highest BCUT2D eigenvalue weighted by atomic mass is 16.5. The molecule has 5 nitrogen and oxygen atoms in total. The van der Waals surface area contributed by atoms with Gasteiger partial charge in [0.15, 0.2) is 0 Å². The molecule has 2 atom stereocenters. The molecule has 0 bridgehead atoms. The summed E-state index contributed by atoms with van der Waals surface area (Å²) >= 11 is 0. The van der Waals surface area contributed by atoms with E-state index in [1.807, 2.05) is 6.92 Å². The SMILES string of the molecule is CCNC(CN(CC)C(C)COC)(C(=O)O)C1CC1. The summed E-state index contributed by atoms with van der Waals surface area (Å²) in [5.74, 6) is -0.464. The van der Waals surface area contributed by atoms with Gasteiger partial charge in [-0.15, -0.1) is 0 Å². The Kier molecular flexibility index (Phi) is 6.23. The van der Waals surface area contributed by atoms with Crippen molar-refractivity contribution in [2.45, 2.75) is 45.2 Å². The summed E-state index contributed by atoms with van der Waals surface area (Å²) in [6.45, 7) is 8.80. The van der Waals surface area contributed by atoms with Gasteiger partial charge >= 0.3 is 5.97 Å². The zero-order chi connectivity index (χ0) is 14.5. The van der Waals surface area contributed by atoms with Crippen molar-refractivity contribution in [1.29, 1.82) is 0 Å². The van der Waals surface area contributed by atoms with Gasteiger partial charge in [-0.2, -0.15) is 0 Å². The molecule has 0 aromatic heterocycles. The highest BCUT2D eigenvalue weighted by Gasteiger charge is 2.51. The van der Waals surface area contributed by atoms with Crippen LogP contribution in [0.15, 0.2) is 0 Å². The van der Waals surface area contributed by atoms with Crippen molar-refractivity contribution in [3.63, 3.8) is 0 Å². The molecular weight excluding hydrogens is 244 g/mol. The van der Waals surface area contributed by atoms with Crippen LogP contribution in [-0.2, 0) is 9.53 Å². The fraction of sp³-hybridized carbons (Fsp3) is 0.929. The molecule has 5 heteroatoms. The predicted octanol–water partition coefficient (Wildman–Crippen LogP) is 1.19. The Labute approximate surface area is 116 Å². The summed E-state index contributed by atoms with van der Waals surface area (Å²) in [4.78, 5) is 14.0. The summed E-state index contributed by atoms with van der Waals surface area (Å²) in [6, 6.07) is 0.228. The van der Waals surface area contributed by atoms with Crippen LogP contribution >= 0.6 is 0 Å². The zero-order valence-corrected chi connectivity index (χ0v) is 12.6. The van der Waals surface area contributed by atoms with Crippen molar-refractivity contribution in [1.82, 2.24) is 10.2 Å². The first-order valence-electron chi connectivity index (χ1n) is 7.23. The van der Waals surface area contributed by atoms with Crippen molar-refractivity contribution in [3.05, 3.63) is 0 Å². The molecule has 1 aliphatic rings. The van der Waals surface area contributed by atoms with Crippen LogP contribution in [0.1, 0.15) is 33.6 Å². The summed E-state index contributed by atoms with van der Waals surface area (Å²) < 4.78 is 5.19. The lowest BCUT2D eigenvalue weighted by molar-refractivity contribution is -0.147. The number of nitrogens with zero attached hydrogens (tertiary/aromatic N) is 1. The van der Waals surface area contributed by atoms with E-state index < -0.39 is 11.5 Å². The van der Waals surface area contributed by atoms with Gasteiger partial charge in [0.25, 0.3) is 0 Å². The Hall–Kier alpha value is -0.650. The molecule has 1 saturated carbocycles. The maximum Gasteiger partial charge on any atom is 0.325 e. The van der Waals surface area contributed by atoms with Crippen molar-refractivity contribution < 1.29 is 14.6 Å². The van der Waals surface area contributed by atoms with Gasteiger partial charge in [0.05, 0.1) is 6.61 Å². The first kappa shape index (κ1) is 16.4. The van der Waals surface area contributed by atoms with E-state index in [0.717, 1.165) is 19.4 Å². The number of likely N-dealkylation sites (N-methyl/N-ethyl adjacent to an activating group) is 2. The number of hydrogen-bond acceptors (Lipinski definition) is 4. The predicted molar refractivity (Wildman–Crippen MR) is 75.4 cm³/mol. The number of carboxylic acid groups (broad SMARTS) is 1. The third kappa shape index (κ3) is 3.91. The van der Waals surface area contributed by atoms with E-state index >= 15 is 0 Å². The molecule has 0 radical (unpaired) electrons. The molecule has 0 spiro atoms. The van der Waals surface area contributed by atoms with E-state index in [2.05, 4.69) is 24.1 Å². The van der Waals surface area contributed by atoms with Crippen molar-refractivity contribution in [3.8, 4) is 0 Å². The molecule has 112 valence electrons. The second kappa shape index (κ2) is 7.22. The normalized spacial score (nSPS) is 20.3. The second-order valence-corrected chi connectivity index (χ2v) is 5.45. The number of hydrogen-bond donors (Lipinski definition) is 2. The van der Waals surface area contributed by atoms with Crippen molar-refractivity contribution >= 4 is 5.97 Å². The quantitative estimate of drug-likeness (QED) is 0.625. The first-order chi connectivity index (χ1) is 9.01. The third-order valence-electron chi connectivity index (χ3n) is 4.04. The van der Waals surface area contributed by atoms with Crippen molar-refractivity contribution in [2.24, 2.45) is 5.92 Å². The smallest absolute Gasteiger partial charge is 0.325 e. The van der Waals surface area contributed by atoms with Crippen LogP contribution in [0.5, 0.6) is 0 Å². The number of carbonyl (C=O) groups is 1. The number of aliphatic carboxylic acids is 1. The minimum absolute atomic E-state index is 0.228. The largest absolute Gasteiger partial charge is 0.480 e. The maximum atomic E-state index is 11.8. The van der Waals surface area contributed by atoms with E-state index in [-0.39, 0.29) is 12.0 Å². The van der Waals surface area contributed by atoms with Gasteiger partial charge in [0, 0.05) is 19.7 Å². The van der Waals surface area contributed by atoms with Gasteiger partial charge in [0.2, 0.25) is 0 Å². The maximum absolute atomic E-state index is 11.8. The molecule has 1 fully saturated rings. The molecule has 0 amide bonds. The summed E-state index contributed by atoms with van der Waals surface area (Å²) in [5, 5.41) is 12.9. The Morgan fingerprint density at radius 2 is 2.16 bits per heavy atom. The molecule has 2 N–H and O–H groups in total. The molecule has 2 unspecified atom stereocenters. The monoisotopic (exact) mass is 272 g/mol. The lowest BCUT2D eigenvalue weighted by Crippen LogP contribution is -2.62. The number of methoxy groups -OCH3 is 1. The van der Waals surface area contributed by atoms with Gasteiger partial charge in [-0.3, -0.25) is 9.69 Å². The summed E-state index contributed by atoms with van der Waals surface area (Å²) in [6.07, 6.45) is 2.02. The van der Waals surface area contributed by atoms with Gasteiger partial charge in [-0.1, -0.05) is 13.8 Å². The highest BCUT2D eigenvalue weighted by Crippen LogP contribution is 2.40. The van der Waals surface area contributed by atoms with Crippen LogP contribution in [0.2, 0.25) is 0 Å². The molecule has 0 aromatic rings. The van der Waals surface area contributed by atoms with Crippen LogP contribution in [-0.4, -0.2) is 60.9 Å². The lowest BCUT2D eigenvalue weighted by atomic mass is 9.91. The number of rotatable bonds is 10. The van der Waals surface area contributed by atoms with Crippen LogP contribution in [0.4, 0.5) is 0 Å². The minimum atomic E-state index is -0.799. The van der Waals surface area contributed by atoms with Crippen molar-refractivity contribution in [2.75, 3.05) is 33.4 Å². The molecule has 0 aliphatic heterocycles. The average Bonchev–Trinajstić information content (AvgIpc) is 3.18. The Morgan fingerprint density at radius 3 is 2.53 bits per heavy atom. The van der Waals surface area contributed by atoms with Crippen LogP contribution in [0.25, 0.3) is 0 Å². The zero-order valence-electron chi connectivity index (χ0n) is 12.6. The molecule has 1 aliphatic carbocycles. The molecule has 1 rings (SSSR count). The Balaban J connectivity index is 2.82. The Morgan fingerprint density at radius 1 is 1.53 bits per heavy atom. The average molecular weight is 272 g/mol. The van der Waals surface area contributed by atoms with E-state index in [0.29, 0.717) is 19.7 Å². The van der Waals surface area contributed by atoms with Crippen LogP contribution in [0, 0.1) is 5.92 Å². The van der Waals surface area contributed by atoms with Gasteiger partial charge in [-0.05, 0) is 38.8 Å². The number of nitrogens with one attached hydrogen (secondary N) is 1. The van der Waals surface area contributed by atoms with Gasteiger partial charge in [0.1, 0.15) is 5.54 Å².